The number of unbranched alkanes of at least 4 members (excludes halogenated alkanes) is 1. The lowest BCUT2D eigenvalue weighted by molar-refractivity contribution is 0.518. The van der Waals surface area contributed by atoms with E-state index in [1.54, 1.807) is 7.05 Å². The van der Waals surface area contributed by atoms with Gasteiger partial charge < -0.3 is 10.3 Å². The van der Waals surface area contributed by atoms with Gasteiger partial charge in [-0.25, -0.2) is 4.79 Å². The molecule has 7 nitrogen and oxygen atoms in total. The second kappa shape index (κ2) is 8.61. The summed E-state index contributed by atoms with van der Waals surface area (Å²) < 4.78 is 4.45. The monoisotopic (exact) mass is 396 g/mol. The number of fused-ring (bicyclic) bond motifs is 1. The maximum absolute atomic E-state index is 13.1. The Morgan fingerprint density at radius 3 is 2.38 bits per heavy atom. The van der Waals surface area contributed by atoms with Crippen LogP contribution in [0.4, 0.5) is 0 Å². The summed E-state index contributed by atoms with van der Waals surface area (Å²) in [5.41, 5.74) is 6.57. The van der Waals surface area contributed by atoms with Crippen molar-refractivity contribution in [3.63, 3.8) is 0 Å². The molecule has 0 aliphatic carbocycles. The normalized spacial score (nSPS) is 12.4. The Morgan fingerprint density at radius 2 is 1.72 bits per heavy atom. The van der Waals surface area contributed by atoms with E-state index in [0.29, 0.717) is 24.3 Å². The molecule has 2 heterocycles. The molecule has 0 aliphatic rings. The van der Waals surface area contributed by atoms with Crippen LogP contribution in [0.3, 0.4) is 0 Å². The molecule has 0 saturated carbocycles. The minimum Gasteiger partial charge on any atom is -0.328 e. The third kappa shape index (κ3) is 4.24. The lowest BCUT2D eigenvalue weighted by Crippen LogP contribution is -2.42. The van der Waals surface area contributed by atoms with Gasteiger partial charge in [-0.2, -0.15) is 0 Å². The van der Waals surface area contributed by atoms with Gasteiger partial charge in [-0.05, 0) is 32.3 Å². The topological polar surface area (TPSA) is 92.0 Å². The highest BCUT2D eigenvalue weighted by Crippen LogP contribution is 2.12. The molecule has 0 radical (unpaired) electrons. The van der Waals surface area contributed by atoms with Gasteiger partial charge in [-0.15, -0.1) is 0 Å². The Morgan fingerprint density at radius 1 is 1.03 bits per heavy atom. The molecule has 29 heavy (non-hydrogen) atoms. The number of pyridine rings is 1. The van der Waals surface area contributed by atoms with E-state index in [2.05, 4.69) is 0 Å². The third-order valence-electron chi connectivity index (χ3n) is 5.26. The molecule has 3 rings (SSSR count). The van der Waals surface area contributed by atoms with Gasteiger partial charge in [0.1, 0.15) is 11.0 Å². The third-order valence-corrected chi connectivity index (χ3v) is 5.26. The second-order valence-corrected chi connectivity index (χ2v) is 7.69. The molecule has 1 atom stereocenters. The fourth-order valence-electron chi connectivity index (χ4n) is 3.69. The van der Waals surface area contributed by atoms with Crippen LogP contribution < -0.4 is 22.4 Å². The molecule has 7 heteroatoms. The van der Waals surface area contributed by atoms with E-state index in [4.69, 9.17) is 5.73 Å². The number of rotatable bonds is 7. The molecule has 0 unspecified atom stereocenters. The van der Waals surface area contributed by atoms with E-state index in [-0.39, 0.29) is 23.4 Å². The molecule has 0 spiro atoms. The molecule has 154 valence electrons. The van der Waals surface area contributed by atoms with Crippen LogP contribution in [0, 0.1) is 6.92 Å². The second-order valence-electron chi connectivity index (χ2n) is 7.69. The summed E-state index contributed by atoms with van der Waals surface area (Å²) in [5.74, 6) is 0. The van der Waals surface area contributed by atoms with Crippen molar-refractivity contribution in [2.24, 2.45) is 12.8 Å². The first-order valence-corrected chi connectivity index (χ1v) is 9.94. The minimum absolute atomic E-state index is 0.0563. The fourth-order valence-corrected chi connectivity index (χ4v) is 3.69. The van der Waals surface area contributed by atoms with Crippen molar-refractivity contribution in [1.29, 1.82) is 0 Å². The Hall–Kier alpha value is -2.93. The Balaban J connectivity index is 2.15. The molecule has 0 fully saturated rings. The maximum Gasteiger partial charge on any atom is 0.332 e. The molecule has 0 saturated heterocycles. The first kappa shape index (κ1) is 20.8. The van der Waals surface area contributed by atoms with Crippen LogP contribution in [0.2, 0.25) is 0 Å². The van der Waals surface area contributed by atoms with E-state index < -0.39 is 11.2 Å². The fraction of sp³-hybridized carbons (Fsp3) is 0.409. The first-order valence-electron chi connectivity index (χ1n) is 9.94. The van der Waals surface area contributed by atoms with Gasteiger partial charge in [0.05, 0.1) is 0 Å². The zero-order valence-corrected chi connectivity index (χ0v) is 17.2. The Labute approximate surface area is 169 Å². The summed E-state index contributed by atoms with van der Waals surface area (Å²) in [4.78, 5) is 38.7. The van der Waals surface area contributed by atoms with Gasteiger partial charge in [0.2, 0.25) is 0 Å². The van der Waals surface area contributed by atoms with Crippen LogP contribution >= 0.6 is 0 Å². The van der Waals surface area contributed by atoms with Gasteiger partial charge >= 0.3 is 5.69 Å². The lowest BCUT2D eigenvalue weighted by Gasteiger charge is -2.18. The average molecular weight is 396 g/mol. The number of nitrogens with zero attached hydrogens (tertiary/aromatic N) is 3. The van der Waals surface area contributed by atoms with Crippen LogP contribution in [0.25, 0.3) is 11.0 Å². The van der Waals surface area contributed by atoms with Crippen LogP contribution in [-0.2, 0) is 20.1 Å². The summed E-state index contributed by atoms with van der Waals surface area (Å²) in [6.45, 7) is 4.49. The number of aryl methyl sites for hydroxylation is 2. The van der Waals surface area contributed by atoms with Gasteiger partial charge in [0.25, 0.3) is 5.56 Å². The molecular weight excluding hydrogens is 368 g/mol. The van der Waals surface area contributed by atoms with Crippen molar-refractivity contribution in [2.75, 3.05) is 0 Å². The molecular formula is C22H28N4O3. The van der Waals surface area contributed by atoms with Gasteiger partial charge in [0.15, 0.2) is 5.43 Å². The molecule has 0 aliphatic heterocycles. The summed E-state index contributed by atoms with van der Waals surface area (Å²) >= 11 is 0. The summed E-state index contributed by atoms with van der Waals surface area (Å²) in [6, 6.07) is 11.3. The lowest BCUT2D eigenvalue weighted by atomic mass is 10.1. The van der Waals surface area contributed by atoms with Gasteiger partial charge in [-0.3, -0.25) is 18.7 Å². The zero-order chi connectivity index (χ0) is 21.1. The molecule has 1 aromatic carbocycles. The molecule has 3 aromatic rings. The van der Waals surface area contributed by atoms with Crippen LogP contribution in [0.15, 0.2) is 50.8 Å². The van der Waals surface area contributed by atoms with E-state index >= 15 is 0 Å². The van der Waals surface area contributed by atoms with Crippen LogP contribution in [0.5, 0.6) is 0 Å². The highest BCUT2D eigenvalue weighted by atomic mass is 16.2. The van der Waals surface area contributed by atoms with Crippen molar-refractivity contribution >= 4 is 11.0 Å². The first-order chi connectivity index (χ1) is 13.8. The SMILES string of the molecule is Cc1cc(=O)c2c(=O)n(CCCC[C@@H](C)N)c(=O)n(C)c2n1Cc1ccccc1. The van der Waals surface area contributed by atoms with Crippen molar-refractivity contribution in [1.82, 2.24) is 13.7 Å². The average Bonchev–Trinajstić information content (AvgIpc) is 2.68. The van der Waals surface area contributed by atoms with Crippen molar-refractivity contribution in [3.05, 3.63) is 78.7 Å². The summed E-state index contributed by atoms with van der Waals surface area (Å²) in [7, 11) is 1.61. The van der Waals surface area contributed by atoms with Crippen molar-refractivity contribution in [3.8, 4) is 0 Å². The Kier molecular flexibility index (Phi) is 6.17. The van der Waals surface area contributed by atoms with Crippen LogP contribution in [-0.4, -0.2) is 19.7 Å². The number of nitrogens with two attached hydrogens (primary N) is 1. The standard InChI is InChI=1S/C22H28N4O3/c1-15(23)9-7-8-12-25-21(28)19-18(27)13-16(2)26(20(19)24(3)22(25)29)14-17-10-5-4-6-11-17/h4-6,10-11,13,15H,7-9,12,14,23H2,1-3H3/t15-/m1/s1. The maximum atomic E-state index is 13.1. The van der Waals surface area contributed by atoms with E-state index in [1.807, 2.05) is 48.7 Å². The summed E-state index contributed by atoms with van der Waals surface area (Å²) in [6.07, 6.45) is 2.30. The number of hydrogen-bond donors (Lipinski definition) is 1. The largest absolute Gasteiger partial charge is 0.332 e. The van der Waals surface area contributed by atoms with E-state index in [9.17, 15) is 14.4 Å². The predicted octanol–water partition coefficient (Wildman–Crippen LogP) is 1.74. The molecule has 2 N–H and O–H groups in total. The summed E-state index contributed by atoms with van der Waals surface area (Å²) in [5, 5.41) is 0.0563. The van der Waals surface area contributed by atoms with Crippen molar-refractivity contribution in [2.45, 2.75) is 52.2 Å². The van der Waals surface area contributed by atoms with E-state index in [1.165, 1.54) is 15.2 Å². The number of hydrogen-bond acceptors (Lipinski definition) is 4. The minimum atomic E-state index is -0.518. The number of benzene rings is 1. The predicted molar refractivity (Wildman–Crippen MR) is 115 cm³/mol. The van der Waals surface area contributed by atoms with Gasteiger partial charge in [-0.1, -0.05) is 36.8 Å². The highest BCUT2D eigenvalue weighted by Gasteiger charge is 2.18. The molecule has 0 amide bonds. The zero-order valence-electron chi connectivity index (χ0n) is 17.2. The smallest absolute Gasteiger partial charge is 0.328 e. The molecule has 2 aromatic heterocycles. The number of aromatic nitrogens is 3. The quantitative estimate of drug-likeness (QED) is 0.616. The highest BCUT2D eigenvalue weighted by molar-refractivity contribution is 5.74. The van der Waals surface area contributed by atoms with Crippen LogP contribution in [0.1, 0.15) is 37.4 Å². The van der Waals surface area contributed by atoms with E-state index in [0.717, 1.165) is 18.4 Å². The van der Waals surface area contributed by atoms with Gasteiger partial charge in [0, 0.05) is 37.9 Å². The molecule has 0 bridgehead atoms. The Bertz CT molecular complexity index is 1190. The van der Waals surface area contributed by atoms with Crippen molar-refractivity contribution < 1.29 is 0 Å².